The van der Waals surface area contributed by atoms with Gasteiger partial charge in [0.15, 0.2) is 0 Å². The van der Waals surface area contributed by atoms with Crippen LogP contribution in [0.4, 0.5) is 0 Å². The highest BCUT2D eigenvalue weighted by molar-refractivity contribution is 5.85. The van der Waals surface area contributed by atoms with Crippen molar-refractivity contribution in [3.8, 4) is 0 Å². The van der Waals surface area contributed by atoms with Crippen LogP contribution in [0, 0.1) is 0 Å². The molecular formula is C13H24Cl2N4O2. The number of hydrogen-bond acceptors (Lipinski definition) is 4. The third-order valence-corrected chi connectivity index (χ3v) is 3.66. The third kappa shape index (κ3) is 4.32. The molecule has 0 bridgehead atoms. The van der Waals surface area contributed by atoms with Crippen LogP contribution >= 0.6 is 24.8 Å². The van der Waals surface area contributed by atoms with E-state index in [0.717, 1.165) is 5.56 Å². The molecule has 1 aromatic rings. The van der Waals surface area contributed by atoms with Crippen LogP contribution in [-0.4, -0.2) is 46.3 Å². The third-order valence-electron chi connectivity index (χ3n) is 3.66. The number of halogens is 2. The van der Waals surface area contributed by atoms with Crippen molar-refractivity contribution in [3.05, 3.63) is 18.0 Å². The Labute approximate surface area is 137 Å². The maximum Gasteiger partial charge on any atom is 0.239 e. The van der Waals surface area contributed by atoms with Crippen molar-refractivity contribution in [2.75, 3.05) is 19.7 Å². The van der Waals surface area contributed by atoms with Crippen molar-refractivity contribution in [3.63, 3.8) is 0 Å². The second-order valence-electron chi connectivity index (χ2n) is 5.26. The molecular weight excluding hydrogens is 315 g/mol. The lowest BCUT2D eigenvalue weighted by Crippen LogP contribution is -2.54. The molecule has 2 N–H and O–H groups in total. The van der Waals surface area contributed by atoms with Crippen LogP contribution < -0.4 is 5.73 Å². The first-order valence-corrected chi connectivity index (χ1v) is 6.63. The van der Waals surface area contributed by atoms with E-state index in [1.54, 1.807) is 15.8 Å². The summed E-state index contributed by atoms with van der Waals surface area (Å²) in [5.41, 5.74) is 6.31. The molecule has 0 aromatic carbocycles. The minimum Gasteiger partial charge on any atom is -0.367 e. The molecule has 1 aromatic heterocycles. The molecule has 0 aliphatic carbocycles. The molecule has 1 aliphatic heterocycles. The van der Waals surface area contributed by atoms with Crippen molar-refractivity contribution in [1.82, 2.24) is 14.7 Å². The van der Waals surface area contributed by atoms with E-state index in [2.05, 4.69) is 5.10 Å². The fourth-order valence-electron chi connectivity index (χ4n) is 2.34. The van der Waals surface area contributed by atoms with Crippen LogP contribution in [-0.2, 0) is 22.2 Å². The van der Waals surface area contributed by atoms with Gasteiger partial charge in [-0.05, 0) is 13.3 Å². The Morgan fingerprint density at radius 3 is 2.76 bits per heavy atom. The summed E-state index contributed by atoms with van der Waals surface area (Å²) in [6, 6.07) is -0.420. The Morgan fingerprint density at radius 1 is 1.57 bits per heavy atom. The van der Waals surface area contributed by atoms with E-state index in [4.69, 9.17) is 10.5 Å². The Balaban J connectivity index is 0.00000200. The van der Waals surface area contributed by atoms with Gasteiger partial charge in [0.1, 0.15) is 5.60 Å². The number of morpholine rings is 1. The molecule has 0 spiro atoms. The number of ether oxygens (including phenoxy) is 1. The van der Waals surface area contributed by atoms with E-state index in [0.29, 0.717) is 26.1 Å². The number of aryl methyl sites for hydroxylation is 1. The van der Waals surface area contributed by atoms with Crippen LogP contribution in [0.2, 0.25) is 0 Å². The maximum atomic E-state index is 12.2. The zero-order chi connectivity index (χ0) is 14.0. The fourth-order valence-corrected chi connectivity index (χ4v) is 2.34. The molecule has 0 radical (unpaired) electrons. The average molecular weight is 339 g/mol. The van der Waals surface area contributed by atoms with Crippen molar-refractivity contribution in [2.45, 2.75) is 31.9 Å². The lowest BCUT2D eigenvalue weighted by molar-refractivity contribution is -0.151. The number of nitrogens with zero attached hydrogens (tertiary/aromatic N) is 3. The van der Waals surface area contributed by atoms with Gasteiger partial charge in [0.25, 0.3) is 0 Å². The van der Waals surface area contributed by atoms with Gasteiger partial charge in [0.05, 0.1) is 25.4 Å². The SMILES string of the molecule is CC[C@H](N)C(=O)N1CCOC(C)(c2cnn(C)c2)C1.Cl.Cl. The van der Waals surface area contributed by atoms with Gasteiger partial charge in [-0.3, -0.25) is 9.48 Å². The maximum absolute atomic E-state index is 12.2. The number of hydrogen-bond donors (Lipinski definition) is 1. The molecule has 1 saturated heterocycles. The standard InChI is InChI=1S/C13H22N4O2.2ClH/c1-4-11(14)12(18)17-5-6-19-13(2,9-17)10-7-15-16(3)8-10;;/h7-8,11H,4-6,9,14H2,1-3H3;2*1H/t11-,13?;;/m0../s1. The molecule has 1 amide bonds. The normalized spacial score (nSPS) is 23.0. The van der Waals surface area contributed by atoms with Gasteiger partial charge < -0.3 is 15.4 Å². The number of carbonyl (C=O) groups excluding carboxylic acids is 1. The zero-order valence-corrected chi connectivity index (χ0v) is 14.2. The summed E-state index contributed by atoms with van der Waals surface area (Å²) in [5.74, 6) is 0.000848. The summed E-state index contributed by atoms with van der Waals surface area (Å²) in [6.07, 6.45) is 4.36. The highest BCUT2D eigenvalue weighted by Gasteiger charge is 2.37. The van der Waals surface area contributed by atoms with Crippen molar-refractivity contribution >= 4 is 30.7 Å². The molecule has 2 atom stereocenters. The lowest BCUT2D eigenvalue weighted by Gasteiger charge is -2.40. The molecule has 8 heteroatoms. The van der Waals surface area contributed by atoms with E-state index in [9.17, 15) is 4.79 Å². The number of carbonyl (C=O) groups is 1. The molecule has 2 heterocycles. The van der Waals surface area contributed by atoms with Crippen molar-refractivity contribution in [2.24, 2.45) is 12.8 Å². The molecule has 1 fully saturated rings. The van der Waals surface area contributed by atoms with Gasteiger partial charge in [0.2, 0.25) is 5.91 Å². The first kappa shape index (κ1) is 20.2. The van der Waals surface area contributed by atoms with Crippen LogP contribution in [0.25, 0.3) is 0 Å². The predicted molar refractivity (Wildman–Crippen MR) is 85.9 cm³/mol. The Morgan fingerprint density at radius 2 is 2.24 bits per heavy atom. The minimum absolute atomic E-state index is 0. The molecule has 0 saturated carbocycles. The average Bonchev–Trinajstić information content (AvgIpc) is 2.84. The van der Waals surface area contributed by atoms with Gasteiger partial charge in [-0.1, -0.05) is 6.92 Å². The summed E-state index contributed by atoms with van der Waals surface area (Å²) >= 11 is 0. The molecule has 1 unspecified atom stereocenters. The lowest BCUT2D eigenvalue weighted by atomic mass is 9.96. The largest absolute Gasteiger partial charge is 0.367 e. The fraction of sp³-hybridized carbons (Fsp3) is 0.692. The molecule has 1 aliphatic rings. The van der Waals surface area contributed by atoms with Crippen molar-refractivity contribution < 1.29 is 9.53 Å². The van der Waals surface area contributed by atoms with E-state index in [1.165, 1.54) is 0 Å². The summed E-state index contributed by atoms with van der Waals surface area (Å²) in [4.78, 5) is 14.0. The predicted octanol–water partition coefficient (Wildman–Crippen LogP) is 1.08. The second kappa shape index (κ2) is 7.98. The molecule has 6 nitrogen and oxygen atoms in total. The van der Waals surface area contributed by atoms with E-state index in [-0.39, 0.29) is 30.7 Å². The summed E-state index contributed by atoms with van der Waals surface area (Å²) < 4.78 is 7.61. The van der Waals surface area contributed by atoms with Crippen molar-refractivity contribution in [1.29, 1.82) is 0 Å². The molecule has 2 rings (SSSR count). The van der Waals surface area contributed by atoms with Crippen LogP contribution in [0.1, 0.15) is 25.8 Å². The van der Waals surface area contributed by atoms with E-state index >= 15 is 0 Å². The first-order chi connectivity index (χ1) is 8.96. The van der Waals surface area contributed by atoms with E-state index in [1.807, 2.05) is 27.1 Å². The Hall–Kier alpha value is -0.820. The van der Waals surface area contributed by atoms with Crippen LogP contribution in [0.3, 0.4) is 0 Å². The highest BCUT2D eigenvalue weighted by atomic mass is 35.5. The second-order valence-corrected chi connectivity index (χ2v) is 5.26. The summed E-state index contributed by atoms with van der Waals surface area (Å²) in [7, 11) is 1.87. The topological polar surface area (TPSA) is 73.4 Å². The van der Waals surface area contributed by atoms with Gasteiger partial charge in [0, 0.05) is 25.4 Å². The summed E-state index contributed by atoms with van der Waals surface area (Å²) in [5, 5.41) is 4.17. The monoisotopic (exact) mass is 338 g/mol. The number of aromatic nitrogens is 2. The van der Waals surface area contributed by atoms with Gasteiger partial charge in [-0.15, -0.1) is 24.8 Å². The smallest absolute Gasteiger partial charge is 0.239 e. The van der Waals surface area contributed by atoms with Gasteiger partial charge in [-0.2, -0.15) is 5.10 Å². The Bertz CT molecular complexity index is 469. The highest BCUT2D eigenvalue weighted by Crippen LogP contribution is 2.29. The number of amides is 1. The molecule has 21 heavy (non-hydrogen) atoms. The number of rotatable bonds is 3. The summed E-state index contributed by atoms with van der Waals surface area (Å²) in [6.45, 7) is 5.55. The van der Waals surface area contributed by atoms with Gasteiger partial charge >= 0.3 is 0 Å². The van der Waals surface area contributed by atoms with E-state index < -0.39 is 11.6 Å². The minimum atomic E-state index is -0.504. The van der Waals surface area contributed by atoms with Gasteiger partial charge in [-0.25, -0.2) is 0 Å². The Kier molecular flexibility index (Phi) is 7.67. The molecule has 122 valence electrons. The first-order valence-electron chi connectivity index (χ1n) is 6.63. The number of nitrogens with two attached hydrogens (primary N) is 1. The zero-order valence-electron chi connectivity index (χ0n) is 12.6. The van der Waals surface area contributed by atoms with Crippen LogP contribution in [0.5, 0.6) is 0 Å². The quantitative estimate of drug-likeness (QED) is 0.894. The van der Waals surface area contributed by atoms with Crippen LogP contribution in [0.15, 0.2) is 12.4 Å².